The predicted molar refractivity (Wildman–Crippen MR) is 103 cm³/mol. The van der Waals surface area contributed by atoms with Gasteiger partial charge in [-0.15, -0.1) is 0 Å². The monoisotopic (exact) mass is 390 g/mol. The molecule has 0 radical (unpaired) electrons. The Morgan fingerprint density at radius 2 is 1.93 bits per heavy atom. The highest BCUT2D eigenvalue weighted by molar-refractivity contribution is 8.18. The number of amidine groups is 1. The number of primary amides is 1. The zero-order chi connectivity index (χ0) is 18.8. The Morgan fingerprint density at radius 3 is 2.63 bits per heavy atom. The molecule has 4 rings (SSSR count). The number of nitrogens with zero attached hydrogens (tertiary/aromatic N) is 3. The molecule has 1 aromatic heterocycles. The molecule has 1 aromatic rings. The number of ether oxygens (including phenoxy) is 1. The number of anilines is 1. The summed E-state index contributed by atoms with van der Waals surface area (Å²) in [6.45, 7) is 4.34. The normalized spacial score (nSPS) is 23.2. The fourth-order valence-corrected chi connectivity index (χ4v) is 4.34. The van der Waals surface area contributed by atoms with Gasteiger partial charge in [0.15, 0.2) is 11.1 Å². The van der Waals surface area contributed by atoms with Crippen LogP contribution in [0.15, 0.2) is 26.4 Å². The lowest BCUT2D eigenvalue weighted by Gasteiger charge is -2.31. The van der Waals surface area contributed by atoms with Crippen LogP contribution in [0.1, 0.15) is 18.6 Å². The molecule has 3 aliphatic heterocycles. The number of rotatable bonds is 3. The summed E-state index contributed by atoms with van der Waals surface area (Å²) in [5, 5.41) is 0.689. The fourth-order valence-electron chi connectivity index (χ4n) is 3.39. The number of piperidine rings is 1. The molecule has 27 heavy (non-hydrogen) atoms. The Hall–Kier alpha value is -2.26. The van der Waals surface area contributed by atoms with Crippen molar-refractivity contribution in [3.8, 4) is 0 Å². The summed E-state index contributed by atoms with van der Waals surface area (Å²) in [5.41, 5.74) is 5.38. The molecule has 0 aliphatic carbocycles. The minimum absolute atomic E-state index is 0.0827. The lowest BCUT2D eigenvalue weighted by Crippen LogP contribution is -2.40. The quantitative estimate of drug-likeness (QED) is 0.776. The van der Waals surface area contributed by atoms with Gasteiger partial charge in [0.05, 0.1) is 18.1 Å². The van der Waals surface area contributed by atoms with E-state index < -0.39 is 0 Å². The Morgan fingerprint density at radius 1 is 1.19 bits per heavy atom. The zero-order valence-electron chi connectivity index (χ0n) is 14.9. The molecular formula is C18H22N4O4S. The molecule has 2 saturated heterocycles. The van der Waals surface area contributed by atoms with Crippen molar-refractivity contribution >= 4 is 40.7 Å². The molecule has 0 bridgehead atoms. The number of hydrogen-bond acceptors (Lipinski definition) is 7. The maximum Gasteiger partial charge on any atom is 0.286 e. The highest BCUT2D eigenvalue weighted by Crippen LogP contribution is 2.33. The number of amides is 2. The van der Waals surface area contributed by atoms with Crippen molar-refractivity contribution in [1.82, 2.24) is 4.90 Å². The number of likely N-dealkylation sites (tertiary alicyclic amines) is 1. The van der Waals surface area contributed by atoms with Crippen molar-refractivity contribution in [1.29, 1.82) is 0 Å². The summed E-state index contributed by atoms with van der Waals surface area (Å²) in [6, 6.07) is 3.78. The molecule has 4 heterocycles. The summed E-state index contributed by atoms with van der Waals surface area (Å²) in [6.07, 6.45) is 3.14. The van der Waals surface area contributed by atoms with Gasteiger partial charge < -0.3 is 24.7 Å². The third-order valence-corrected chi connectivity index (χ3v) is 6.03. The van der Waals surface area contributed by atoms with E-state index >= 15 is 0 Å². The van der Waals surface area contributed by atoms with Crippen molar-refractivity contribution in [3.63, 3.8) is 0 Å². The SMILES string of the molecule is NC(=O)C1CCN(C2=NC(=O)C(=Cc3ccc(N4CCOCC4)o3)S2)CC1. The van der Waals surface area contributed by atoms with Crippen molar-refractivity contribution < 1.29 is 18.7 Å². The summed E-state index contributed by atoms with van der Waals surface area (Å²) >= 11 is 1.35. The number of hydrogen-bond donors (Lipinski definition) is 1. The molecule has 144 valence electrons. The molecule has 0 spiro atoms. The molecule has 9 heteroatoms. The molecule has 0 unspecified atom stereocenters. The first kappa shape index (κ1) is 18.1. The van der Waals surface area contributed by atoms with E-state index in [1.807, 2.05) is 17.0 Å². The van der Waals surface area contributed by atoms with Crippen LogP contribution in [0.2, 0.25) is 0 Å². The molecule has 8 nitrogen and oxygen atoms in total. The number of nitrogens with two attached hydrogens (primary N) is 1. The van der Waals surface area contributed by atoms with E-state index in [1.54, 1.807) is 6.08 Å². The van der Waals surface area contributed by atoms with Gasteiger partial charge in [-0.05, 0) is 30.7 Å². The first-order chi connectivity index (χ1) is 13.1. The van der Waals surface area contributed by atoms with E-state index in [0.29, 0.717) is 55.0 Å². The topological polar surface area (TPSA) is 101 Å². The first-order valence-corrected chi connectivity index (χ1v) is 9.91. The van der Waals surface area contributed by atoms with E-state index in [9.17, 15) is 9.59 Å². The highest BCUT2D eigenvalue weighted by atomic mass is 32.2. The minimum atomic E-state index is -0.253. The van der Waals surface area contributed by atoms with Crippen LogP contribution in [0.3, 0.4) is 0 Å². The van der Waals surface area contributed by atoms with Crippen LogP contribution in [0, 0.1) is 5.92 Å². The van der Waals surface area contributed by atoms with Crippen LogP contribution in [0.4, 0.5) is 5.88 Å². The van der Waals surface area contributed by atoms with E-state index in [0.717, 1.165) is 19.0 Å². The van der Waals surface area contributed by atoms with E-state index in [2.05, 4.69) is 9.89 Å². The van der Waals surface area contributed by atoms with Crippen LogP contribution in [-0.2, 0) is 14.3 Å². The van der Waals surface area contributed by atoms with Crippen LogP contribution in [0.25, 0.3) is 6.08 Å². The van der Waals surface area contributed by atoms with Crippen LogP contribution < -0.4 is 10.6 Å². The van der Waals surface area contributed by atoms with Crippen LogP contribution >= 0.6 is 11.8 Å². The molecule has 2 N–H and O–H groups in total. The second-order valence-corrected chi connectivity index (χ2v) is 7.76. The molecule has 0 saturated carbocycles. The van der Waals surface area contributed by atoms with Gasteiger partial charge in [0, 0.05) is 44.2 Å². The first-order valence-electron chi connectivity index (χ1n) is 9.09. The molecule has 3 aliphatic rings. The maximum absolute atomic E-state index is 12.3. The number of furan rings is 1. The predicted octanol–water partition coefficient (Wildman–Crippen LogP) is 1.28. The maximum atomic E-state index is 12.3. The van der Waals surface area contributed by atoms with Gasteiger partial charge in [-0.25, -0.2) is 0 Å². The lowest BCUT2D eigenvalue weighted by molar-refractivity contribution is -0.123. The van der Waals surface area contributed by atoms with Crippen LogP contribution in [0.5, 0.6) is 0 Å². The Bertz CT molecular complexity index is 789. The molecule has 2 amide bonds. The number of thioether (sulfide) groups is 1. The number of carbonyl (C=O) groups excluding carboxylic acids is 2. The van der Waals surface area contributed by atoms with E-state index in [-0.39, 0.29) is 17.7 Å². The van der Waals surface area contributed by atoms with Crippen molar-refractivity contribution in [3.05, 3.63) is 22.8 Å². The van der Waals surface area contributed by atoms with Gasteiger partial charge in [0.2, 0.25) is 5.91 Å². The highest BCUT2D eigenvalue weighted by Gasteiger charge is 2.30. The summed E-state index contributed by atoms with van der Waals surface area (Å²) < 4.78 is 11.2. The third-order valence-electron chi connectivity index (χ3n) is 4.99. The van der Waals surface area contributed by atoms with Gasteiger partial charge >= 0.3 is 0 Å². The minimum Gasteiger partial charge on any atom is -0.441 e. The average Bonchev–Trinajstić information content (AvgIpc) is 3.30. The summed E-state index contributed by atoms with van der Waals surface area (Å²) in [4.78, 5) is 32.4. The second-order valence-electron chi connectivity index (χ2n) is 6.75. The largest absolute Gasteiger partial charge is 0.441 e. The standard InChI is InChI=1S/C18H22N4O4S/c19-16(23)12-3-5-22(6-4-12)18-20-17(24)14(27-18)11-13-1-2-15(26-13)21-7-9-25-10-8-21/h1-2,11-12H,3-10H2,(H2,19,23). The van der Waals surface area contributed by atoms with Crippen LogP contribution in [-0.4, -0.2) is 61.3 Å². The van der Waals surface area contributed by atoms with Gasteiger partial charge in [-0.1, -0.05) is 0 Å². The zero-order valence-corrected chi connectivity index (χ0v) is 15.7. The number of aliphatic imine (C=N–C) groups is 1. The molecule has 2 fully saturated rings. The molecule has 0 aromatic carbocycles. The lowest BCUT2D eigenvalue weighted by atomic mass is 9.97. The Labute approximate surface area is 161 Å². The van der Waals surface area contributed by atoms with E-state index in [1.165, 1.54) is 11.8 Å². The van der Waals surface area contributed by atoms with Gasteiger partial charge in [-0.3, -0.25) is 9.59 Å². The molecular weight excluding hydrogens is 368 g/mol. The molecule has 0 atom stereocenters. The van der Waals surface area contributed by atoms with Crippen molar-refractivity contribution in [2.45, 2.75) is 12.8 Å². The van der Waals surface area contributed by atoms with E-state index in [4.69, 9.17) is 14.9 Å². The fraction of sp³-hybridized carbons (Fsp3) is 0.500. The number of carbonyl (C=O) groups is 2. The smallest absolute Gasteiger partial charge is 0.286 e. The van der Waals surface area contributed by atoms with Gasteiger partial charge in [-0.2, -0.15) is 4.99 Å². The van der Waals surface area contributed by atoms with Crippen molar-refractivity contribution in [2.75, 3.05) is 44.3 Å². The van der Waals surface area contributed by atoms with Gasteiger partial charge in [0.1, 0.15) is 5.76 Å². The Kier molecular flexibility index (Phi) is 5.22. The number of morpholine rings is 1. The van der Waals surface area contributed by atoms with Crippen molar-refractivity contribution in [2.24, 2.45) is 16.6 Å². The Balaban J connectivity index is 1.39. The third kappa shape index (κ3) is 4.03. The average molecular weight is 390 g/mol. The summed E-state index contributed by atoms with van der Waals surface area (Å²) in [5.74, 6) is 0.838. The van der Waals surface area contributed by atoms with Gasteiger partial charge in [0.25, 0.3) is 5.91 Å². The second kappa shape index (κ2) is 7.77. The summed E-state index contributed by atoms with van der Waals surface area (Å²) in [7, 11) is 0.